The van der Waals surface area contributed by atoms with E-state index in [9.17, 15) is 9.59 Å². The van der Waals surface area contributed by atoms with Gasteiger partial charge >= 0.3 is 0 Å². The standard InChI is InChI=1S/C38H62N4O2/c1-8-11-23-41(29-37(44)40-38-33(6)19-16-20-34(38)7)24-14-12-13-21-39-22-27-42(25-9-2,26-10-3)30-35(43)28-36-31(4)17-15-18-32(36)5/h15-20,39H,8-14,21-30H2,1-7H3/p+1. The van der Waals surface area contributed by atoms with Crippen LogP contribution in [0.15, 0.2) is 36.4 Å². The Bertz CT molecular complexity index is 1100. The zero-order valence-corrected chi connectivity index (χ0v) is 29.2. The second kappa shape index (κ2) is 20.5. The molecule has 0 aliphatic carbocycles. The number of carbonyl (C=O) groups excluding carboxylic acids is 2. The molecule has 0 atom stereocenters. The molecule has 0 saturated heterocycles. The Morgan fingerprint density at radius 2 is 1.30 bits per heavy atom. The van der Waals surface area contributed by atoms with Gasteiger partial charge in [0, 0.05) is 18.7 Å². The number of para-hydroxylation sites is 1. The summed E-state index contributed by atoms with van der Waals surface area (Å²) in [6.45, 7) is 23.1. The van der Waals surface area contributed by atoms with Crippen molar-refractivity contribution in [3.63, 3.8) is 0 Å². The van der Waals surface area contributed by atoms with Crippen molar-refractivity contribution >= 4 is 17.4 Å². The third kappa shape index (κ3) is 13.2. The second-order valence-electron chi connectivity index (χ2n) is 13.0. The van der Waals surface area contributed by atoms with Gasteiger partial charge in [-0.25, -0.2) is 0 Å². The molecule has 6 heteroatoms. The fourth-order valence-corrected chi connectivity index (χ4v) is 6.52. The second-order valence-corrected chi connectivity index (χ2v) is 13.0. The Labute approximate surface area is 269 Å². The third-order valence-electron chi connectivity index (χ3n) is 8.96. The number of unbranched alkanes of at least 4 members (excludes halogenated alkanes) is 3. The molecular weight excluding hydrogens is 544 g/mol. The van der Waals surface area contributed by atoms with Gasteiger partial charge in [0.05, 0.1) is 26.2 Å². The average molecular weight is 608 g/mol. The molecule has 0 spiro atoms. The number of ketones is 1. The first-order chi connectivity index (χ1) is 21.1. The summed E-state index contributed by atoms with van der Waals surface area (Å²) in [6.07, 6.45) is 8.34. The molecule has 0 saturated carbocycles. The number of quaternary nitrogens is 1. The molecule has 1 amide bonds. The molecule has 0 unspecified atom stereocenters. The maximum atomic E-state index is 13.3. The summed E-state index contributed by atoms with van der Waals surface area (Å²) in [4.78, 5) is 28.5. The first kappa shape index (κ1) is 37.6. The molecule has 0 aliphatic rings. The van der Waals surface area contributed by atoms with E-state index in [1.54, 1.807) is 0 Å². The van der Waals surface area contributed by atoms with E-state index in [2.05, 4.69) is 68.4 Å². The number of hydrogen-bond acceptors (Lipinski definition) is 4. The number of Topliss-reactive ketones (excluding diaryl/α,β-unsaturated/α-hetero) is 1. The Hall–Kier alpha value is -2.54. The van der Waals surface area contributed by atoms with Crippen molar-refractivity contribution in [1.29, 1.82) is 0 Å². The van der Waals surface area contributed by atoms with Gasteiger partial charge in [-0.3, -0.25) is 14.5 Å². The minimum atomic E-state index is 0.0773. The van der Waals surface area contributed by atoms with Gasteiger partial charge in [0.2, 0.25) is 5.91 Å². The number of carbonyl (C=O) groups is 2. The van der Waals surface area contributed by atoms with Crippen LogP contribution in [-0.2, 0) is 16.0 Å². The van der Waals surface area contributed by atoms with Crippen LogP contribution in [0.1, 0.15) is 93.5 Å². The van der Waals surface area contributed by atoms with Crippen molar-refractivity contribution in [2.75, 3.05) is 64.2 Å². The number of benzene rings is 2. The van der Waals surface area contributed by atoms with Gasteiger partial charge in [-0.05, 0) is 107 Å². The minimum Gasteiger partial charge on any atom is -0.324 e. The zero-order chi connectivity index (χ0) is 32.4. The van der Waals surface area contributed by atoms with Crippen LogP contribution in [0.25, 0.3) is 0 Å². The minimum absolute atomic E-state index is 0.0773. The van der Waals surface area contributed by atoms with Crippen LogP contribution < -0.4 is 10.6 Å². The fraction of sp³-hybridized carbons (Fsp3) is 0.632. The smallest absolute Gasteiger partial charge is 0.238 e. The molecule has 2 aromatic rings. The molecule has 0 fully saturated rings. The van der Waals surface area contributed by atoms with Gasteiger partial charge in [0.15, 0.2) is 5.78 Å². The van der Waals surface area contributed by atoms with E-state index in [1.807, 2.05) is 32.0 Å². The molecule has 6 nitrogen and oxygen atoms in total. The normalized spacial score (nSPS) is 11.7. The highest BCUT2D eigenvalue weighted by molar-refractivity contribution is 5.93. The van der Waals surface area contributed by atoms with Crippen molar-refractivity contribution in [1.82, 2.24) is 10.2 Å². The lowest BCUT2D eigenvalue weighted by molar-refractivity contribution is -0.919. The van der Waals surface area contributed by atoms with Crippen LogP contribution in [0.4, 0.5) is 5.69 Å². The lowest BCUT2D eigenvalue weighted by atomic mass is 9.97. The van der Waals surface area contributed by atoms with Crippen LogP contribution >= 0.6 is 0 Å². The Morgan fingerprint density at radius 3 is 1.89 bits per heavy atom. The molecule has 246 valence electrons. The number of hydrogen-bond donors (Lipinski definition) is 2. The first-order valence-electron chi connectivity index (χ1n) is 17.4. The number of amides is 1. The maximum Gasteiger partial charge on any atom is 0.238 e. The lowest BCUT2D eigenvalue weighted by Gasteiger charge is -2.38. The van der Waals surface area contributed by atoms with Gasteiger partial charge in [-0.2, -0.15) is 0 Å². The van der Waals surface area contributed by atoms with E-state index < -0.39 is 0 Å². The van der Waals surface area contributed by atoms with Gasteiger partial charge in [0.25, 0.3) is 0 Å². The van der Waals surface area contributed by atoms with E-state index in [0.29, 0.717) is 25.3 Å². The van der Waals surface area contributed by atoms with E-state index in [1.165, 1.54) is 16.7 Å². The quantitative estimate of drug-likeness (QED) is 0.104. The van der Waals surface area contributed by atoms with Crippen molar-refractivity contribution in [3.8, 4) is 0 Å². The van der Waals surface area contributed by atoms with Gasteiger partial charge < -0.3 is 15.1 Å². The van der Waals surface area contributed by atoms with Crippen LogP contribution in [0.3, 0.4) is 0 Å². The predicted octanol–water partition coefficient (Wildman–Crippen LogP) is 7.17. The van der Waals surface area contributed by atoms with Crippen molar-refractivity contribution < 1.29 is 14.1 Å². The van der Waals surface area contributed by atoms with Gasteiger partial charge in [-0.15, -0.1) is 0 Å². The van der Waals surface area contributed by atoms with E-state index in [0.717, 1.165) is 112 Å². The molecule has 0 bridgehead atoms. The summed E-state index contributed by atoms with van der Waals surface area (Å²) in [5.74, 6) is 0.438. The summed E-state index contributed by atoms with van der Waals surface area (Å²) < 4.78 is 0.889. The monoisotopic (exact) mass is 607 g/mol. The predicted molar refractivity (Wildman–Crippen MR) is 188 cm³/mol. The number of aryl methyl sites for hydroxylation is 4. The number of nitrogens with one attached hydrogen (secondary N) is 2. The largest absolute Gasteiger partial charge is 0.324 e. The average Bonchev–Trinajstić information content (AvgIpc) is 2.97. The Balaban J connectivity index is 1.78. The lowest BCUT2D eigenvalue weighted by Crippen LogP contribution is -2.55. The van der Waals surface area contributed by atoms with Crippen LogP contribution in [0.2, 0.25) is 0 Å². The van der Waals surface area contributed by atoms with Crippen LogP contribution in [-0.4, -0.2) is 80.0 Å². The fourth-order valence-electron chi connectivity index (χ4n) is 6.52. The Kier molecular flexibility index (Phi) is 17.5. The highest BCUT2D eigenvalue weighted by Gasteiger charge is 2.29. The molecule has 0 aromatic heterocycles. The summed E-state index contributed by atoms with van der Waals surface area (Å²) in [5, 5.41) is 6.84. The molecule has 0 aliphatic heterocycles. The van der Waals surface area contributed by atoms with Crippen molar-refractivity contribution in [2.45, 2.75) is 99.8 Å². The highest BCUT2D eigenvalue weighted by atomic mass is 16.2. The third-order valence-corrected chi connectivity index (χ3v) is 8.96. The summed E-state index contributed by atoms with van der Waals surface area (Å²) in [5.41, 5.74) is 6.81. The molecule has 0 radical (unpaired) electrons. The summed E-state index contributed by atoms with van der Waals surface area (Å²) in [6, 6.07) is 12.4. The van der Waals surface area contributed by atoms with Crippen molar-refractivity contribution in [2.24, 2.45) is 0 Å². The van der Waals surface area contributed by atoms with E-state index in [-0.39, 0.29) is 5.91 Å². The molecule has 2 N–H and O–H groups in total. The molecule has 2 rings (SSSR count). The van der Waals surface area contributed by atoms with Crippen LogP contribution in [0, 0.1) is 27.7 Å². The maximum absolute atomic E-state index is 13.3. The molecule has 44 heavy (non-hydrogen) atoms. The summed E-state index contributed by atoms with van der Waals surface area (Å²) >= 11 is 0. The number of anilines is 1. The number of nitrogens with zero attached hydrogens (tertiary/aromatic N) is 2. The molecule has 2 aromatic carbocycles. The SMILES string of the molecule is CCCCN(CCCCCNCC[N+](CCC)(CCC)CC(=O)Cc1c(C)cccc1C)CC(=O)Nc1c(C)cccc1C. The molecular formula is C38H63N4O2+. The van der Waals surface area contributed by atoms with Crippen LogP contribution in [0.5, 0.6) is 0 Å². The van der Waals surface area contributed by atoms with Gasteiger partial charge in [-0.1, -0.05) is 70.0 Å². The number of rotatable bonds is 23. The Morgan fingerprint density at radius 1 is 0.705 bits per heavy atom. The highest BCUT2D eigenvalue weighted by Crippen LogP contribution is 2.20. The zero-order valence-electron chi connectivity index (χ0n) is 29.2. The topological polar surface area (TPSA) is 61.4 Å². The van der Waals surface area contributed by atoms with E-state index >= 15 is 0 Å². The first-order valence-corrected chi connectivity index (χ1v) is 17.4. The molecule has 0 heterocycles. The van der Waals surface area contributed by atoms with Crippen molar-refractivity contribution in [3.05, 3.63) is 64.2 Å². The van der Waals surface area contributed by atoms with E-state index in [4.69, 9.17) is 0 Å². The van der Waals surface area contributed by atoms with Gasteiger partial charge in [0.1, 0.15) is 6.54 Å². The summed E-state index contributed by atoms with van der Waals surface area (Å²) in [7, 11) is 0.